The van der Waals surface area contributed by atoms with Crippen LogP contribution in [0, 0.1) is 18.8 Å². The van der Waals surface area contributed by atoms with Crippen molar-refractivity contribution in [1.82, 2.24) is 29.7 Å². The van der Waals surface area contributed by atoms with Gasteiger partial charge in [0.15, 0.2) is 0 Å². The van der Waals surface area contributed by atoms with E-state index >= 15 is 0 Å². The second-order valence-electron chi connectivity index (χ2n) is 7.77. The highest BCUT2D eigenvalue weighted by Gasteiger charge is 2.45. The van der Waals surface area contributed by atoms with Crippen molar-refractivity contribution in [2.75, 3.05) is 13.1 Å². The van der Waals surface area contributed by atoms with Crippen LogP contribution in [-0.4, -0.2) is 37.5 Å². The molecule has 2 atom stereocenters. The van der Waals surface area contributed by atoms with Crippen molar-refractivity contribution in [3.05, 3.63) is 35.8 Å². The Kier molecular flexibility index (Phi) is 2.94. The second kappa shape index (κ2) is 5.14. The zero-order chi connectivity index (χ0) is 17.4. The number of nitrogens with one attached hydrogen (secondary N) is 1. The average molecular weight is 364 g/mol. The van der Waals surface area contributed by atoms with Crippen LogP contribution in [0.1, 0.15) is 23.6 Å². The maximum Gasteiger partial charge on any atom is 0.212 e. The molecule has 0 radical (unpaired) electrons. The number of piperidine rings is 2. The van der Waals surface area contributed by atoms with Gasteiger partial charge in [-0.2, -0.15) is 10.2 Å². The van der Waals surface area contributed by atoms with E-state index in [0.29, 0.717) is 5.92 Å². The minimum Gasteiger partial charge on any atom is -0.316 e. The summed E-state index contributed by atoms with van der Waals surface area (Å²) in [7, 11) is 1.96. The maximum atomic E-state index is 4.93. The number of nitrogens with zero attached hydrogens (tertiary/aromatic N) is 5. The van der Waals surface area contributed by atoms with Crippen molar-refractivity contribution in [3.8, 4) is 10.6 Å². The largest absolute Gasteiger partial charge is 0.316 e. The fraction of sp³-hybridized carbons (Fsp3) is 0.421. The molecule has 4 aromatic rings. The normalized spacial score (nSPS) is 25.1. The minimum atomic E-state index is 0.627. The molecule has 1 aliphatic carbocycles. The molecule has 4 heterocycles. The van der Waals surface area contributed by atoms with Crippen LogP contribution < -0.4 is 5.32 Å². The molecule has 1 N–H and O–H groups in total. The molecule has 1 saturated heterocycles. The van der Waals surface area contributed by atoms with E-state index in [0.717, 1.165) is 51.4 Å². The van der Waals surface area contributed by atoms with Gasteiger partial charge in [-0.15, -0.1) is 0 Å². The Balaban J connectivity index is 1.39. The SMILES string of the molecule is Cc1cc(-c2nn3cc(C4C5CNCC4C5)nc3s2)cc2cn(C)nc12. The van der Waals surface area contributed by atoms with Gasteiger partial charge in [-0.3, -0.25) is 4.68 Å². The number of imidazole rings is 1. The number of aryl methyl sites for hydroxylation is 2. The van der Waals surface area contributed by atoms with E-state index in [9.17, 15) is 0 Å². The summed E-state index contributed by atoms with van der Waals surface area (Å²) in [5.74, 6) is 2.14. The number of benzene rings is 1. The summed E-state index contributed by atoms with van der Waals surface area (Å²) >= 11 is 1.67. The lowest BCUT2D eigenvalue weighted by Crippen LogP contribution is -2.51. The van der Waals surface area contributed by atoms with Gasteiger partial charge in [0.05, 0.1) is 17.4 Å². The smallest absolute Gasteiger partial charge is 0.212 e. The van der Waals surface area contributed by atoms with E-state index in [1.807, 2.05) is 16.2 Å². The Morgan fingerprint density at radius 1 is 1.15 bits per heavy atom. The fourth-order valence-corrected chi connectivity index (χ4v) is 5.65. The van der Waals surface area contributed by atoms with E-state index in [1.165, 1.54) is 17.7 Å². The zero-order valence-electron chi connectivity index (χ0n) is 14.8. The first-order valence-corrected chi connectivity index (χ1v) is 9.98. The Morgan fingerprint density at radius 3 is 2.77 bits per heavy atom. The van der Waals surface area contributed by atoms with E-state index in [2.05, 4.69) is 41.9 Å². The highest BCUT2D eigenvalue weighted by atomic mass is 32.1. The number of hydrogen-bond donors (Lipinski definition) is 1. The molecular weight excluding hydrogens is 344 g/mol. The third-order valence-electron chi connectivity index (χ3n) is 6.00. The molecule has 0 amide bonds. The van der Waals surface area contributed by atoms with Crippen molar-refractivity contribution >= 4 is 27.2 Å². The van der Waals surface area contributed by atoms with Crippen molar-refractivity contribution < 1.29 is 0 Å². The van der Waals surface area contributed by atoms with Crippen LogP contribution in [0.5, 0.6) is 0 Å². The summed E-state index contributed by atoms with van der Waals surface area (Å²) in [5, 5.41) is 15.0. The van der Waals surface area contributed by atoms with Gasteiger partial charge in [0, 0.05) is 30.1 Å². The molecule has 6 rings (SSSR count). The Morgan fingerprint density at radius 2 is 2.00 bits per heavy atom. The average Bonchev–Trinajstić information content (AvgIpc) is 3.27. The van der Waals surface area contributed by atoms with Crippen molar-refractivity contribution in [1.29, 1.82) is 0 Å². The molecular formula is C19H20N6S. The van der Waals surface area contributed by atoms with Crippen LogP contribution in [0.4, 0.5) is 0 Å². The third kappa shape index (κ3) is 2.04. The number of rotatable bonds is 2. The lowest BCUT2D eigenvalue weighted by molar-refractivity contribution is 0.0886. The van der Waals surface area contributed by atoms with Crippen LogP contribution >= 0.6 is 11.3 Å². The number of fused-ring (bicyclic) bond motifs is 4. The molecule has 7 heteroatoms. The first kappa shape index (κ1) is 14.9. The number of aromatic nitrogens is 5. The molecule has 3 aromatic heterocycles. The lowest BCUT2D eigenvalue weighted by Gasteiger charge is -2.49. The molecule has 1 aliphatic heterocycles. The van der Waals surface area contributed by atoms with Crippen LogP contribution in [0.2, 0.25) is 0 Å². The predicted octanol–water partition coefficient (Wildman–Crippen LogP) is 2.98. The molecule has 132 valence electrons. The number of hydrogen-bond acceptors (Lipinski definition) is 5. The molecule has 2 bridgehead atoms. The van der Waals surface area contributed by atoms with Crippen LogP contribution in [0.15, 0.2) is 24.5 Å². The maximum absolute atomic E-state index is 4.93. The topological polar surface area (TPSA) is 60.0 Å². The van der Waals surface area contributed by atoms with E-state index in [-0.39, 0.29) is 0 Å². The first-order valence-electron chi connectivity index (χ1n) is 9.17. The summed E-state index contributed by atoms with van der Waals surface area (Å²) in [6, 6.07) is 4.35. The molecule has 1 aromatic carbocycles. The summed E-state index contributed by atoms with van der Waals surface area (Å²) < 4.78 is 3.84. The molecule has 2 unspecified atom stereocenters. The van der Waals surface area contributed by atoms with Crippen molar-refractivity contribution in [3.63, 3.8) is 0 Å². The Labute approximate surface area is 154 Å². The van der Waals surface area contributed by atoms with Gasteiger partial charge in [0.25, 0.3) is 0 Å². The summed E-state index contributed by atoms with van der Waals surface area (Å²) in [4.78, 5) is 5.92. The van der Waals surface area contributed by atoms with E-state index < -0.39 is 0 Å². The minimum absolute atomic E-state index is 0.627. The van der Waals surface area contributed by atoms with Crippen LogP contribution in [0.25, 0.3) is 26.4 Å². The van der Waals surface area contributed by atoms with Gasteiger partial charge in [0.1, 0.15) is 5.01 Å². The standard InChI is InChI=1S/C19H20N6S/c1-10-3-11(4-14-8-24(2)22-17(10)14)18-23-25-9-15(21-19(25)26-18)16-12-5-13(16)7-20-6-12/h3-4,8-9,12-13,16,20H,5-7H2,1-2H3. The highest BCUT2D eigenvalue weighted by Crippen LogP contribution is 2.49. The van der Waals surface area contributed by atoms with Gasteiger partial charge in [-0.05, 0) is 56.0 Å². The second-order valence-corrected chi connectivity index (χ2v) is 8.73. The van der Waals surface area contributed by atoms with E-state index in [1.54, 1.807) is 11.3 Å². The third-order valence-corrected chi connectivity index (χ3v) is 6.97. The summed E-state index contributed by atoms with van der Waals surface area (Å²) in [6.07, 6.45) is 5.57. The summed E-state index contributed by atoms with van der Waals surface area (Å²) in [6.45, 7) is 4.38. The van der Waals surface area contributed by atoms with Gasteiger partial charge in [-0.1, -0.05) is 11.3 Å². The Bertz CT molecular complexity index is 1110. The quantitative estimate of drug-likeness (QED) is 0.594. The molecule has 2 fully saturated rings. The van der Waals surface area contributed by atoms with Crippen molar-refractivity contribution in [2.24, 2.45) is 18.9 Å². The lowest BCUT2D eigenvalue weighted by atomic mass is 9.61. The van der Waals surface area contributed by atoms with Gasteiger partial charge < -0.3 is 5.32 Å². The predicted molar refractivity (Wildman–Crippen MR) is 103 cm³/mol. The van der Waals surface area contributed by atoms with Crippen LogP contribution in [0.3, 0.4) is 0 Å². The molecule has 26 heavy (non-hydrogen) atoms. The molecule has 2 aliphatic rings. The van der Waals surface area contributed by atoms with Gasteiger partial charge in [0.2, 0.25) is 4.96 Å². The highest BCUT2D eigenvalue weighted by molar-refractivity contribution is 7.19. The Hall–Kier alpha value is -2.25. The van der Waals surface area contributed by atoms with E-state index in [4.69, 9.17) is 10.1 Å². The van der Waals surface area contributed by atoms with Gasteiger partial charge >= 0.3 is 0 Å². The van der Waals surface area contributed by atoms with Crippen molar-refractivity contribution in [2.45, 2.75) is 19.3 Å². The van der Waals surface area contributed by atoms with Crippen LogP contribution in [-0.2, 0) is 7.05 Å². The van der Waals surface area contributed by atoms with Gasteiger partial charge in [-0.25, -0.2) is 9.50 Å². The summed E-state index contributed by atoms with van der Waals surface area (Å²) in [5.41, 5.74) is 4.62. The fourth-order valence-electron chi connectivity index (χ4n) is 4.78. The first-order chi connectivity index (χ1) is 12.7. The zero-order valence-corrected chi connectivity index (χ0v) is 15.6. The molecule has 6 nitrogen and oxygen atoms in total. The monoisotopic (exact) mass is 364 g/mol. The molecule has 0 spiro atoms. The molecule has 1 saturated carbocycles.